The highest BCUT2D eigenvalue weighted by molar-refractivity contribution is 6.33. The van der Waals surface area contributed by atoms with Gasteiger partial charge in [0, 0.05) is 26.2 Å². The molecule has 0 aromatic heterocycles. The third kappa shape index (κ3) is 4.06. The van der Waals surface area contributed by atoms with E-state index in [-0.39, 0.29) is 11.9 Å². The van der Waals surface area contributed by atoms with Gasteiger partial charge in [-0.15, -0.1) is 0 Å². The molecular formula is C19H22ClN3O2. The van der Waals surface area contributed by atoms with E-state index in [4.69, 9.17) is 11.6 Å². The van der Waals surface area contributed by atoms with Crippen LogP contribution >= 0.6 is 11.6 Å². The molecule has 5 nitrogen and oxygen atoms in total. The first kappa shape index (κ1) is 17.6. The van der Waals surface area contributed by atoms with Crippen molar-refractivity contribution in [2.45, 2.75) is 13.0 Å². The molecule has 0 unspecified atom stereocenters. The first-order valence-electron chi connectivity index (χ1n) is 8.38. The number of para-hydroxylation sites is 3. The zero-order valence-corrected chi connectivity index (χ0v) is 14.9. The van der Waals surface area contributed by atoms with E-state index in [0.717, 1.165) is 31.9 Å². The van der Waals surface area contributed by atoms with Gasteiger partial charge in [0.2, 0.25) is 5.91 Å². The summed E-state index contributed by atoms with van der Waals surface area (Å²) in [7, 11) is 0. The molecule has 1 atom stereocenters. The van der Waals surface area contributed by atoms with Gasteiger partial charge in [-0.25, -0.2) is 0 Å². The van der Waals surface area contributed by atoms with Crippen LogP contribution in [-0.2, 0) is 4.79 Å². The molecule has 3 rings (SSSR count). The van der Waals surface area contributed by atoms with E-state index in [1.54, 1.807) is 18.2 Å². The molecule has 1 aliphatic rings. The Bertz CT molecular complexity index is 745. The average Bonchev–Trinajstić information content (AvgIpc) is 2.63. The van der Waals surface area contributed by atoms with Crippen molar-refractivity contribution in [3.05, 3.63) is 53.6 Å². The van der Waals surface area contributed by atoms with E-state index in [9.17, 15) is 9.90 Å². The van der Waals surface area contributed by atoms with Crippen LogP contribution in [0.15, 0.2) is 48.5 Å². The molecule has 1 amide bonds. The zero-order chi connectivity index (χ0) is 17.8. The first-order valence-corrected chi connectivity index (χ1v) is 8.76. The molecular weight excluding hydrogens is 338 g/mol. The molecule has 2 aromatic carbocycles. The van der Waals surface area contributed by atoms with Crippen molar-refractivity contribution in [2.24, 2.45) is 0 Å². The van der Waals surface area contributed by atoms with Gasteiger partial charge in [0.25, 0.3) is 0 Å². The molecule has 0 bridgehead atoms. The van der Waals surface area contributed by atoms with E-state index in [1.165, 1.54) is 0 Å². The third-order valence-electron chi connectivity index (χ3n) is 4.60. The summed E-state index contributed by atoms with van der Waals surface area (Å²) < 4.78 is 0. The van der Waals surface area contributed by atoms with Crippen LogP contribution in [0.25, 0.3) is 0 Å². The number of halogens is 1. The SMILES string of the molecule is C[C@H](C(=O)Nc1ccccc1Cl)N1CCN(c2ccccc2O)CC1. The number of carbonyl (C=O) groups is 1. The van der Waals surface area contributed by atoms with E-state index in [1.807, 2.05) is 37.3 Å². The number of piperazine rings is 1. The van der Waals surface area contributed by atoms with Crippen molar-refractivity contribution in [3.8, 4) is 5.75 Å². The van der Waals surface area contributed by atoms with E-state index < -0.39 is 0 Å². The Labute approximate surface area is 152 Å². The summed E-state index contributed by atoms with van der Waals surface area (Å²) in [6.07, 6.45) is 0. The number of benzene rings is 2. The number of aromatic hydroxyl groups is 1. The minimum absolute atomic E-state index is 0.0656. The lowest BCUT2D eigenvalue weighted by Gasteiger charge is -2.38. The Hall–Kier alpha value is -2.24. The van der Waals surface area contributed by atoms with Crippen molar-refractivity contribution in [2.75, 3.05) is 36.4 Å². The molecule has 2 aromatic rings. The Morgan fingerprint density at radius 2 is 1.72 bits per heavy atom. The number of amides is 1. The fourth-order valence-electron chi connectivity index (χ4n) is 3.05. The van der Waals surface area contributed by atoms with Crippen molar-refractivity contribution < 1.29 is 9.90 Å². The number of phenolic OH excluding ortho intramolecular Hbond substituents is 1. The maximum absolute atomic E-state index is 12.5. The van der Waals surface area contributed by atoms with Crippen molar-refractivity contribution in [3.63, 3.8) is 0 Å². The highest BCUT2D eigenvalue weighted by atomic mass is 35.5. The van der Waals surface area contributed by atoms with E-state index in [2.05, 4.69) is 15.1 Å². The van der Waals surface area contributed by atoms with Gasteiger partial charge in [-0.05, 0) is 31.2 Å². The second-order valence-corrected chi connectivity index (χ2v) is 6.56. The second-order valence-electron chi connectivity index (χ2n) is 6.16. The van der Waals surface area contributed by atoms with Gasteiger partial charge in [0.1, 0.15) is 5.75 Å². The van der Waals surface area contributed by atoms with Gasteiger partial charge in [0.05, 0.1) is 22.4 Å². The number of anilines is 2. The molecule has 6 heteroatoms. The van der Waals surface area contributed by atoms with Crippen molar-refractivity contribution >= 4 is 28.9 Å². The molecule has 1 heterocycles. The highest BCUT2D eigenvalue weighted by Gasteiger charge is 2.26. The molecule has 132 valence electrons. The molecule has 1 saturated heterocycles. The summed E-state index contributed by atoms with van der Waals surface area (Å²) in [4.78, 5) is 16.8. The summed E-state index contributed by atoms with van der Waals surface area (Å²) in [5, 5.41) is 13.4. The summed E-state index contributed by atoms with van der Waals surface area (Å²) in [5.74, 6) is 0.226. The molecule has 25 heavy (non-hydrogen) atoms. The minimum atomic E-state index is -0.247. The molecule has 1 fully saturated rings. The molecule has 1 aliphatic heterocycles. The molecule has 0 saturated carbocycles. The van der Waals surface area contributed by atoms with Gasteiger partial charge < -0.3 is 15.3 Å². The number of nitrogens with one attached hydrogen (secondary N) is 1. The largest absolute Gasteiger partial charge is 0.506 e. The number of rotatable bonds is 4. The molecule has 0 radical (unpaired) electrons. The van der Waals surface area contributed by atoms with Crippen LogP contribution in [0.3, 0.4) is 0 Å². The lowest BCUT2D eigenvalue weighted by molar-refractivity contribution is -0.120. The zero-order valence-electron chi connectivity index (χ0n) is 14.2. The highest BCUT2D eigenvalue weighted by Crippen LogP contribution is 2.27. The summed E-state index contributed by atoms with van der Waals surface area (Å²) >= 11 is 6.10. The normalized spacial score (nSPS) is 16.5. The maximum atomic E-state index is 12.5. The average molecular weight is 360 g/mol. The topological polar surface area (TPSA) is 55.8 Å². The minimum Gasteiger partial charge on any atom is -0.506 e. The van der Waals surface area contributed by atoms with Gasteiger partial charge in [0.15, 0.2) is 0 Å². The van der Waals surface area contributed by atoms with Crippen molar-refractivity contribution in [1.29, 1.82) is 0 Å². The fourth-order valence-corrected chi connectivity index (χ4v) is 3.23. The van der Waals surface area contributed by atoms with Gasteiger partial charge >= 0.3 is 0 Å². The Balaban J connectivity index is 1.58. The Kier molecular flexibility index (Phi) is 5.46. The number of hydrogen-bond acceptors (Lipinski definition) is 4. The lowest BCUT2D eigenvalue weighted by Crippen LogP contribution is -2.52. The van der Waals surface area contributed by atoms with Gasteiger partial charge in [-0.1, -0.05) is 35.9 Å². The van der Waals surface area contributed by atoms with Crippen LogP contribution in [0.4, 0.5) is 11.4 Å². The van der Waals surface area contributed by atoms with E-state index >= 15 is 0 Å². The van der Waals surface area contributed by atoms with Gasteiger partial charge in [-0.3, -0.25) is 9.69 Å². The molecule has 0 spiro atoms. The number of phenols is 1. The lowest BCUT2D eigenvalue weighted by atomic mass is 10.2. The standard InChI is InChI=1S/C19H22ClN3O2/c1-14(19(25)21-16-7-3-2-6-15(16)20)22-10-12-23(13-11-22)17-8-4-5-9-18(17)24/h2-9,14,24H,10-13H2,1H3,(H,21,25)/t14-/m1/s1. The second kappa shape index (κ2) is 7.76. The predicted octanol–water partition coefficient (Wildman–Crippen LogP) is 3.19. The van der Waals surface area contributed by atoms with E-state index in [0.29, 0.717) is 16.5 Å². The number of hydrogen-bond donors (Lipinski definition) is 2. The van der Waals surface area contributed by atoms with Gasteiger partial charge in [-0.2, -0.15) is 0 Å². The van der Waals surface area contributed by atoms with Crippen LogP contribution in [0.1, 0.15) is 6.92 Å². The Morgan fingerprint density at radius 3 is 2.40 bits per heavy atom. The van der Waals surface area contributed by atoms with Crippen LogP contribution in [0, 0.1) is 0 Å². The molecule has 2 N–H and O–H groups in total. The third-order valence-corrected chi connectivity index (χ3v) is 4.93. The molecule has 0 aliphatic carbocycles. The quantitative estimate of drug-likeness (QED) is 0.880. The summed E-state index contributed by atoms with van der Waals surface area (Å²) in [6, 6.07) is 14.3. The van der Waals surface area contributed by atoms with Crippen LogP contribution in [0.5, 0.6) is 5.75 Å². The predicted molar refractivity (Wildman–Crippen MR) is 101 cm³/mol. The van der Waals surface area contributed by atoms with Crippen LogP contribution < -0.4 is 10.2 Å². The summed E-state index contributed by atoms with van der Waals surface area (Å²) in [6.45, 7) is 4.95. The smallest absolute Gasteiger partial charge is 0.241 e. The van der Waals surface area contributed by atoms with Crippen molar-refractivity contribution in [1.82, 2.24) is 4.90 Å². The van der Waals surface area contributed by atoms with Crippen LogP contribution in [0.2, 0.25) is 5.02 Å². The monoisotopic (exact) mass is 359 g/mol. The first-order chi connectivity index (χ1) is 12.1. The summed E-state index contributed by atoms with van der Waals surface area (Å²) in [5.41, 5.74) is 1.48. The van der Waals surface area contributed by atoms with Crippen LogP contribution in [-0.4, -0.2) is 48.1 Å². The number of nitrogens with zero attached hydrogens (tertiary/aromatic N) is 2. The Morgan fingerprint density at radius 1 is 1.08 bits per heavy atom. The maximum Gasteiger partial charge on any atom is 0.241 e. The fraction of sp³-hybridized carbons (Fsp3) is 0.316. The number of carbonyl (C=O) groups excluding carboxylic acids is 1.